The Balaban J connectivity index is 1.84. The van der Waals surface area contributed by atoms with Crippen LogP contribution in [-0.4, -0.2) is 12.0 Å². The summed E-state index contributed by atoms with van der Waals surface area (Å²) in [5, 5.41) is 0.639. The summed E-state index contributed by atoms with van der Waals surface area (Å²) in [5.74, 6) is 0.00865. The molecule has 2 N–H and O–H groups in total. The molecule has 1 fully saturated rings. The van der Waals surface area contributed by atoms with Crippen molar-refractivity contribution >= 4 is 17.6 Å². The maximum absolute atomic E-state index is 11.5. The van der Waals surface area contributed by atoms with E-state index in [0.29, 0.717) is 10.9 Å². The molecule has 0 bridgehead atoms. The summed E-state index contributed by atoms with van der Waals surface area (Å²) >= 11 is 5.82. The summed E-state index contributed by atoms with van der Waals surface area (Å²) in [7, 11) is 0. The van der Waals surface area contributed by atoms with Crippen LogP contribution < -0.4 is 5.73 Å². The SMILES string of the molecule is NC(C(=O)OCc1cccc(Cl)c1)C1CC1. The second-order valence-electron chi connectivity index (χ2n) is 4.10. The first-order chi connectivity index (χ1) is 7.66. The third-order valence-corrected chi connectivity index (χ3v) is 2.91. The first kappa shape index (κ1) is 11.4. The van der Waals surface area contributed by atoms with Crippen LogP contribution in [0.5, 0.6) is 0 Å². The third-order valence-electron chi connectivity index (χ3n) is 2.67. The summed E-state index contributed by atoms with van der Waals surface area (Å²) in [6.45, 7) is 0.236. The topological polar surface area (TPSA) is 52.3 Å². The van der Waals surface area contributed by atoms with E-state index in [2.05, 4.69) is 0 Å². The van der Waals surface area contributed by atoms with Crippen molar-refractivity contribution in [1.29, 1.82) is 0 Å². The fourth-order valence-corrected chi connectivity index (χ4v) is 1.74. The van der Waals surface area contributed by atoms with Gasteiger partial charge in [0.15, 0.2) is 0 Å². The fourth-order valence-electron chi connectivity index (χ4n) is 1.53. The molecule has 0 aliphatic heterocycles. The molecule has 1 aliphatic rings. The van der Waals surface area contributed by atoms with Gasteiger partial charge in [0.2, 0.25) is 0 Å². The average Bonchev–Trinajstić information content (AvgIpc) is 3.09. The number of ether oxygens (including phenoxy) is 1. The third kappa shape index (κ3) is 2.97. The number of carbonyl (C=O) groups excluding carboxylic acids is 1. The highest BCUT2D eigenvalue weighted by Crippen LogP contribution is 2.32. The molecule has 0 radical (unpaired) electrons. The molecule has 2 rings (SSSR count). The number of hydrogen-bond donors (Lipinski definition) is 1. The molecule has 1 aromatic rings. The van der Waals surface area contributed by atoms with Gasteiger partial charge in [-0.05, 0) is 36.5 Å². The zero-order chi connectivity index (χ0) is 11.5. The minimum Gasteiger partial charge on any atom is -0.460 e. The van der Waals surface area contributed by atoms with Gasteiger partial charge in [-0.2, -0.15) is 0 Å². The van der Waals surface area contributed by atoms with Gasteiger partial charge in [-0.15, -0.1) is 0 Å². The van der Waals surface area contributed by atoms with Gasteiger partial charge in [-0.25, -0.2) is 0 Å². The number of nitrogens with two attached hydrogens (primary N) is 1. The molecule has 1 aliphatic carbocycles. The van der Waals surface area contributed by atoms with E-state index >= 15 is 0 Å². The molecular weight excluding hydrogens is 226 g/mol. The standard InChI is InChI=1S/C12H14ClNO2/c13-10-3-1-2-8(6-10)7-16-12(15)11(14)9-4-5-9/h1-3,6,9,11H,4-5,7,14H2. The first-order valence-corrected chi connectivity index (χ1v) is 5.71. The molecular formula is C12H14ClNO2. The average molecular weight is 240 g/mol. The molecule has 1 aromatic carbocycles. The van der Waals surface area contributed by atoms with Crippen molar-refractivity contribution in [3.63, 3.8) is 0 Å². The Morgan fingerprint density at radius 1 is 1.56 bits per heavy atom. The van der Waals surface area contributed by atoms with E-state index in [9.17, 15) is 4.79 Å². The van der Waals surface area contributed by atoms with Crippen molar-refractivity contribution in [3.8, 4) is 0 Å². The lowest BCUT2D eigenvalue weighted by Gasteiger charge is -2.10. The number of hydrogen-bond acceptors (Lipinski definition) is 3. The smallest absolute Gasteiger partial charge is 0.323 e. The van der Waals surface area contributed by atoms with E-state index in [1.807, 2.05) is 12.1 Å². The van der Waals surface area contributed by atoms with Crippen molar-refractivity contribution in [2.45, 2.75) is 25.5 Å². The lowest BCUT2D eigenvalue weighted by atomic mass is 10.2. The quantitative estimate of drug-likeness (QED) is 0.819. The fraction of sp³-hybridized carbons (Fsp3) is 0.417. The van der Waals surface area contributed by atoms with Gasteiger partial charge in [-0.3, -0.25) is 4.79 Å². The summed E-state index contributed by atoms with van der Waals surface area (Å²) < 4.78 is 5.12. The Morgan fingerprint density at radius 3 is 2.94 bits per heavy atom. The molecule has 0 amide bonds. The summed E-state index contributed by atoms with van der Waals surface area (Å²) in [5.41, 5.74) is 6.59. The van der Waals surface area contributed by atoms with Crippen LogP contribution in [0.3, 0.4) is 0 Å². The van der Waals surface area contributed by atoms with Gasteiger partial charge in [0.05, 0.1) is 0 Å². The van der Waals surface area contributed by atoms with Gasteiger partial charge in [-0.1, -0.05) is 23.7 Å². The highest BCUT2D eigenvalue weighted by Gasteiger charge is 2.34. The van der Waals surface area contributed by atoms with Gasteiger partial charge >= 0.3 is 5.97 Å². The number of esters is 1. The van der Waals surface area contributed by atoms with Crippen LogP contribution in [0.15, 0.2) is 24.3 Å². The second-order valence-corrected chi connectivity index (χ2v) is 4.54. The van der Waals surface area contributed by atoms with Crippen molar-refractivity contribution < 1.29 is 9.53 Å². The largest absolute Gasteiger partial charge is 0.460 e. The molecule has 0 aromatic heterocycles. The summed E-state index contributed by atoms with van der Waals surface area (Å²) in [6, 6.07) is 6.79. The second kappa shape index (κ2) is 4.85. The van der Waals surface area contributed by atoms with E-state index in [0.717, 1.165) is 18.4 Å². The van der Waals surface area contributed by atoms with Crippen LogP contribution >= 0.6 is 11.6 Å². The molecule has 1 atom stereocenters. The van der Waals surface area contributed by atoms with Crippen LogP contribution in [0, 0.1) is 5.92 Å². The summed E-state index contributed by atoms with van der Waals surface area (Å²) in [4.78, 5) is 11.5. The molecule has 1 saturated carbocycles. The Bertz CT molecular complexity index is 390. The molecule has 0 saturated heterocycles. The monoisotopic (exact) mass is 239 g/mol. The molecule has 3 nitrogen and oxygen atoms in total. The number of benzene rings is 1. The van der Waals surface area contributed by atoms with Crippen molar-refractivity contribution in [2.75, 3.05) is 0 Å². The van der Waals surface area contributed by atoms with Crippen LogP contribution in [0.25, 0.3) is 0 Å². The van der Waals surface area contributed by atoms with Crippen molar-refractivity contribution in [2.24, 2.45) is 11.7 Å². The summed E-state index contributed by atoms with van der Waals surface area (Å²) in [6.07, 6.45) is 2.07. The van der Waals surface area contributed by atoms with Crippen molar-refractivity contribution in [1.82, 2.24) is 0 Å². The van der Waals surface area contributed by atoms with Crippen LogP contribution in [0.2, 0.25) is 5.02 Å². The van der Waals surface area contributed by atoms with E-state index in [-0.39, 0.29) is 12.6 Å². The maximum Gasteiger partial charge on any atom is 0.323 e. The molecule has 0 spiro atoms. The van der Waals surface area contributed by atoms with Crippen LogP contribution in [-0.2, 0) is 16.1 Å². The van der Waals surface area contributed by atoms with E-state index in [1.165, 1.54) is 0 Å². The Hall–Kier alpha value is -1.06. The zero-order valence-corrected chi connectivity index (χ0v) is 9.61. The molecule has 16 heavy (non-hydrogen) atoms. The van der Waals surface area contributed by atoms with Gasteiger partial charge in [0, 0.05) is 5.02 Å². The van der Waals surface area contributed by atoms with Gasteiger partial charge in [0.25, 0.3) is 0 Å². The molecule has 0 heterocycles. The van der Waals surface area contributed by atoms with Crippen LogP contribution in [0.4, 0.5) is 0 Å². The molecule has 86 valence electrons. The number of carbonyl (C=O) groups is 1. The number of halogens is 1. The Kier molecular flexibility index (Phi) is 3.46. The zero-order valence-electron chi connectivity index (χ0n) is 8.86. The minimum absolute atomic E-state index is 0.236. The predicted molar refractivity (Wildman–Crippen MR) is 61.9 cm³/mol. The highest BCUT2D eigenvalue weighted by atomic mass is 35.5. The van der Waals surface area contributed by atoms with E-state index in [1.54, 1.807) is 12.1 Å². The highest BCUT2D eigenvalue weighted by molar-refractivity contribution is 6.30. The maximum atomic E-state index is 11.5. The lowest BCUT2D eigenvalue weighted by Crippen LogP contribution is -2.34. The van der Waals surface area contributed by atoms with Crippen LogP contribution in [0.1, 0.15) is 18.4 Å². The normalized spacial score (nSPS) is 16.9. The van der Waals surface area contributed by atoms with Crippen molar-refractivity contribution in [3.05, 3.63) is 34.9 Å². The van der Waals surface area contributed by atoms with Gasteiger partial charge in [0.1, 0.15) is 12.6 Å². The molecule has 1 unspecified atom stereocenters. The Labute approximate surface area is 99.5 Å². The molecule has 4 heteroatoms. The number of rotatable bonds is 4. The predicted octanol–water partition coefficient (Wildman–Crippen LogP) is 2.12. The minimum atomic E-state index is -0.459. The first-order valence-electron chi connectivity index (χ1n) is 5.33. The van der Waals surface area contributed by atoms with E-state index < -0.39 is 6.04 Å². The lowest BCUT2D eigenvalue weighted by molar-refractivity contribution is -0.147. The van der Waals surface area contributed by atoms with E-state index in [4.69, 9.17) is 22.1 Å². The van der Waals surface area contributed by atoms with Gasteiger partial charge < -0.3 is 10.5 Å². The Morgan fingerprint density at radius 2 is 2.31 bits per heavy atom.